The van der Waals surface area contributed by atoms with Crippen molar-refractivity contribution >= 4 is 22.4 Å². The van der Waals surface area contributed by atoms with Gasteiger partial charge in [-0.25, -0.2) is 0 Å². The molecule has 146 valence electrons. The summed E-state index contributed by atoms with van der Waals surface area (Å²) in [5, 5.41) is 16.6. The van der Waals surface area contributed by atoms with Crippen molar-refractivity contribution in [3.63, 3.8) is 0 Å². The van der Waals surface area contributed by atoms with Crippen LogP contribution in [0.3, 0.4) is 0 Å². The molecule has 0 unspecified atom stereocenters. The highest BCUT2D eigenvalue weighted by molar-refractivity contribution is 7.15. The Morgan fingerprint density at radius 2 is 2.07 bits per heavy atom. The molecule has 1 N–H and O–H groups in total. The van der Waals surface area contributed by atoms with E-state index in [9.17, 15) is 4.79 Å². The van der Waals surface area contributed by atoms with E-state index in [2.05, 4.69) is 25.7 Å². The van der Waals surface area contributed by atoms with Crippen molar-refractivity contribution in [2.75, 3.05) is 5.32 Å². The van der Waals surface area contributed by atoms with Crippen LogP contribution >= 0.6 is 11.3 Å². The standard InChI is InChI=1S/C19H21N5O3S/c1-12-20-16(24-27-12)11-26-15-10-6-5-9-14(15)17(25)21-19-23-22-18(28-19)13-7-3-2-4-8-13/h5-6,9-10,13H,2-4,7-8,11H2,1H3,(H,21,23,25). The van der Waals surface area contributed by atoms with Crippen LogP contribution in [0.25, 0.3) is 0 Å². The van der Waals surface area contributed by atoms with Crippen LogP contribution < -0.4 is 10.1 Å². The van der Waals surface area contributed by atoms with Crippen molar-refractivity contribution in [2.45, 2.75) is 51.6 Å². The predicted molar refractivity (Wildman–Crippen MR) is 103 cm³/mol. The molecule has 8 nitrogen and oxygen atoms in total. The predicted octanol–water partition coefficient (Wildman–Crippen LogP) is 4.11. The average molecular weight is 399 g/mol. The second-order valence-electron chi connectivity index (χ2n) is 6.75. The van der Waals surface area contributed by atoms with Gasteiger partial charge >= 0.3 is 0 Å². The number of aryl methyl sites for hydroxylation is 1. The van der Waals surface area contributed by atoms with E-state index >= 15 is 0 Å². The van der Waals surface area contributed by atoms with Crippen LogP contribution in [0.15, 0.2) is 28.8 Å². The molecule has 0 spiro atoms. The van der Waals surface area contributed by atoms with E-state index in [-0.39, 0.29) is 12.5 Å². The molecule has 4 rings (SSSR count). The van der Waals surface area contributed by atoms with Gasteiger partial charge in [0.1, 0.15) is 10.8 Å². The van der Waals surface area contributed by atoms with Gasteiger partial charge in [0.2, 0.25) is 16.8 Å². The lowest BCUT2D eigenvalue weighted by atomic mass is 9.90. The molecule has 1 saturated carbocycles. The van der Waals surface area contributed by atoms with Crippen molar-refractivity contribution in [1.82, 2.24) is 20.3 Å². The molecular weight excluding hydrogens is 378 g/mol. The first-order valence-electron chi connectivity index (χ1n) is 9.35. The average Bonchev–Trinajstić information content (AvgIpc) is 3.36. The number of rotatable bonds is 6. The zero-order valence-electron chi connectivity index (χ0n) is 15.6. The summed E-state index contributed by atoms with van der Waals surface area (Å²) < 4.78 is 10.6. The second kappa shape index (κ2) is 8.47. The van der Waals surface area contributed by atoms with Crippen molar-refractivity contribution in [1.29, 1.82) is 0 Å². The number of nitrogens with one attached hydrogen (secondary N) is 1. The summed E-state index contributed by atoms with van der Waals surface area (Å²) in [6.45, 7) is 1.83. The maximum atomic E-state index is 12.7. The minimum Gasteiger partial charge on any atom is -0.485 e. The lowest BCUT2D eigenvalue weighted by Gasteiger charge is -2.18. The van der Waals surface area contributed by atoms with E-state index in [0.717, 1.165) is 17.8 Å². The number of para-hydroxylation sites is 1. The highest BCUT2D eigenvalue weighted by atomic mass is 32.1. The topological polar surface area (TPSA) is 103 Å². The molecule has 28 heavy (non-hydrogen) atoms. The molecule has 0 radical (unpaired) electrons. The third-order valence-corrected chi connectivity index (χ3v) is 5.67. The molecule has 0 saturated heterocycles. The van der Waals surface area contributed by atoms with E-state index in [4.69, 9.17) is 9.26 Å². The number of hydrogen-bond acceptors (Lipinski definition) is 8. The van der Waals surface area contributed by atoms with E-state index in [1.807, 2.05) is 0 Å². The number of hydrogen-bond donors (Lipinski definition) is 1. The van der Waals surface area contributed by atoms with E-state index in [0.29, 0.717) is 34.1 Å². The number of nitrogens with zero attached hydrogens (tertiary/aromatic N) is 4. The lowest BCUT2D eigenvalue weighted by molar-refractivity contribution is 0.102. The van der Waals surface area contributed by atoms with Gasteiger partial charge in [-0.15, -0.1) is 10.2 Å². The maximum absolute atomic E-state index is 12.7. The van der Waals surface area contributed by atoms with Gasteiger partial charge in [0.25, 0.3) is 5.91 Å². The molecule has 2 heterocycles. The second-order valence-corrected chi connectivity index (χ2v) is 7.76. The van der Waals surface area contributed by atoms with Crippen molar-refractivity contribution in [3.8, 4) is 5.75 Å². The minimum absolute atomic E-state index is 0.117. The van der Waals surface area contributed by atoms with Gasteiger partial charge in [-0.1, -0.05) is 47.9 Å². The third kappa shape index (κ3) is 4.36. The molecule has 9 heteroatoms. The monoisotopic (exact) mass is 399 g/mol. The fourth-order valence-corrected chi connectivity index (χ4v) is 4.19. The number of carbonyl (C=O) groups excluding carboxylic acids is 1. The Morgan fingerprint density at radius 1 is 1.25 bits per heavy atom. The quantitative estimate of drug-likeness (QED) is 0.665. The molecular formula is C19H21N5O3S. The van der Waals surface area contributed by atoms with Crippen LogP contribution in [0.1, 0.15) is 65.1 Å². The molecule has 1 aliphatic rings. The van der Waals surface area contributed by atoms with Crippen LogP contribution in [0, 0.1) is 6.92 Å². The third-order valence-electron chi connectivity index (χ3n) is 4.67. The molecule has 0 aliphatic heterocycles. The number of amides is 1. The summed E-state index contributed by atoms with van der Waals surface area (Å²) in [6, 6.07) is 7.03. The lowest BCUT2D eigenvalue weighted by Crippen LogP contribution is -2.13. The summed E-state index contributed by atoms with van der Waals surface area (Å²) in [5.41, 5.74) is 0.414. The Labute approximate surface area is 166 Å². The zero-order chi connectivity index (χ0) is 19.3. The number of ether oxygens (including phenoxy) is 1. The van der Waals surface area contributed by atoms with Crippen LogP contribution in [-0.2, 0) is 6.61 Å². The van der Waals surface area contributed by atoms with Gasteiger partial charge in [-0.05, 0) is 25.0 Å². The first kappa shape index (κ1) is 18.5. The number of carbonyl (C=O) groups is 1. The van der Waals surface area contributed by atoms with Crippen LogP contribution in [0.2, 0.25) is 0 Å². The van der Waals surface area contributed by atoms with E-state index < -0.39 is 0 Å². The van der Waals surface area contributed by atoms with Crippen molar-refractivity contribution in [3.05, 3.63) is 46.6 Å². The van der Waals surface area contributed by atoms with Gasteiger partial charge in [-0.3, -0.25) is 10.1 Å². The fourth-order valence-electron chi connectivity index (χ4n) is 3.29. The Kier molecular flexibility index (Phi) is 5.61. The van der Waals surface area contributed by atoms with Gasteiger partial charge in [0, 0.05) is 12.8 Å². The van der Waals surface area contributed by atoms with Crippen LogP contribution in [-0.4, -0.2) is 26.2 Å². The van der Waals surface area contributed by atoms with Crippen molar-refractivity contribution < 1.29 is 14.1 Å². The zero-order valence-corrected chi connectivity index (χ0v) is 16.4. The minimum atomic E-state index is -0.286. The Morgan fingerprint density at radius 3 is 2.86 bits per heavy atom. The number of anilines is 1. The largest absolute Gasteiger partial charge is 0.485 e. The molecule has 1 fully saturated rings. The summed E-state index contributed by atoms with van der Waals surface area (Å²) in [7, 11) is 0. The van der Waals surface area contributed by atoms with Gasteiger partial charge in [-0.2, -0.15) is 4.98 Å². The molecule has 3 aromatic rings. The molecule has 2 aromatic heterocycles. The fraction of sp³-hybridized carbons (Fsp3) is 0.421. The first-order valence-corrected chi connectivity index (χ1v) is 10.2. The normalized spacial score (nSPS) is 14.8. The Bertz CT molecular complexity index is 948. The smallest absolute Gasteiger partial charge is 0.261 e. The Hall–Kier alpha value is -2.81. The molecule has 0 atom stereocenters. The van der Waals surface area contributed by atoms with E-state index in [1.165, 1.54) is 30.6 Å². The molecule has 0 bridgehead atoms. The van der Waals surface area contributed by atoms with Gasteiger partial charge < -0.3 is 9.26 Å². The van der Waals surface area contributed by atoms with Crippen molar-refractivity contribution in [2.24, 2.45) is 0 Å². The van der Waals surface area contributed by atoms with Gasteiger partial charge in [0.15, 0.2) is 6.61 Å². The number of benzene rings is 1. The summed E-state index contributed by atoms with van der Waals surface area (Å²) in [4.78, 5) is 16.8. The SMILES string of the molecule is Cc1nc(COc2ccccc2C(=O)Nc2nnc(C3CCCCC3)s2)no1. The Balaban J connectivity index is 1.42. The van der Waals surface area contributed by atoms with Gasteiger partial charge in [0.05, 0.1) is 5.56 Å². The number of aromatic nitrogens is 4. The highest BCUT2D eigenvalue weighted by Crippen LogP contribution is 2.35. The molecule has 1 amide bonds. The van der Waals surface area contributed by atoms with E-state index in [1.54, 1.807) is 31.2 Å². The van der Waals surface area contributed by atoms with Crippen LogP contribution in [0.4, 0.5) is 5.13 Å². The summed E-state index contributed by atoms with van der Waals surface area (Å²) >= 11 is 1.45. The first-order chi connectivity index (χ1) is 13.7. The molecule has 1 aliphatic carbocycles. The summed E-state index contributed by atoms with van der Waals surface area (Å²) in [5.74, 6) is 1.51. The molecule has 1 aromatic carbocycles. The maximum Gasteiger partial charge on any atom is 0.261 e. The summed E-state index contributed by atoms with van der Waals surface area (Å²) in [6.07, 6.45) is 6.05. The highest BCUT2D eigenvalue weighted by Gasteiger charge is 2.21. The van der Waals surface area contributed by atoms with Crippen LogP contribution in [0.5, 0.6) is 5.75 Å².